The lowest BCUT2D eigenvalue weighted by atomic mass is 10.3. The number of ether oxygens (including phenoxy) is 1. The number of hydrogen-bond donors (Lipinski definition) is 0. The van der Waals surface area contributed by atoms with E-state index in [2.05, 4.69) is 20.1 Å². The van der Waals surface area contributed by atoms with E-state index in [9.17, 15) is 0 Å². The third-order valence-corrected chi connectivity index (χ3v) is 2.66. The highest BCUT2D eigenvalue weighted by Crippen LogP contribution is 2.18. The van der Waals surface area contributed by atoms with E-state index < -0.39 is 0 Å². The van der Waals surface area contributed by atoms with E-state index in [1.54, 1.807) is 24.0 Å². The summed E-state index contributed by atoms with van der Waals surface area (Å²) in [6.45, 7) is 1.80. The van der Waals surface area contributed by atoms with Gasteiger partial charge >= 0.3 is 6.01 Å². The summed E-state index contributed by atoms with van der Waals surface area (Å²) in [5.74, 6) is 0.313. The molecule has 0 atom stereocenters. The van der Waals surface area contributed by atoms with E-state index in [1.807, 2.05) is 30.3 Å². The SMILES string of the molecule is Cc1cc(Oc2ncn(-c3ccccc3)n2)nc(Cl)n1. The third-order valence-electron chi connectivity index (χ3n) is 2.49. The van der Waals surface area contributed by atoms with Gasteiger partial charge in [-0.25, -0.2) is 9.67 Å². The second kappa shape index (κ2) is 5.26. The average molecular weight is 288 g/mol. The van der Waals surface area contributed by atoms with Crippen molar-refractivity contribution in [3.8, 4) is 17.6 Å². The minimum atomic E-state index is 0.127. The molecule has 0 unspecified atom stereocenters. The summed E-state index contributed by atoms with van der Waals surface area (Å²) in [6, 6.07) is 11.5. The number of rotatable bonds is 3. The van der Waals surface area contributed by atoms with Crippen LogP contribution in [-0.2, 0) is 0 Å². The molecule has 0 aliphatic carbocycles. The molecule has 3 rings (SSSR count). The molecule has 2 aromatic heterocycles. The number of nitrogens with zero attached hydrogens (tertiary/aromatic N) is 5. The molecule has 0 amide bonds. The van der Waals surface area contributed by atoms with Gasteiger partial charge in [-0.15, -0.1) is 5.10 Å². The van der Waals surface area contributed by atoms with Crippen molar-refractivity contribution >= 4 is 11.6 Å². The van der Waals surface area contributed by atoms with E-state index in [1.165, 1.54) is 0 Å². The van der Waals surface area contributed by atoms with E-state index in [0.717, 1.165) is 5.69 Å². The Morgan fingerprint density at radius 3 is 2.70 bits per heavy atom. The van der Waals surface area contributed by atoms with Crippen LogP contribution < -0.4 is 4.74 Å². The molecule has 20 heavy (non-hydrogen) atoms. The van der Waals surface area contributed by atoms with Gasteiger partial charge in [0.15, 0.2) is 0 Å². The molecule has 0 bridgehead atoms. The number of benzene rings is 1. The molecular formula is C13H10ClN5O. The van der Waals surface area contributed by atoms with Gasteiger partial charge in [-0.05, 0) is 30.7 Å². The highest BCUT2D eigenvalue weighted by Gasteiger charge is 2.07. The predicted molar refractivity (Wildman–Crippen MR) is 73.2 cm³/mol. The second-order valence-corrected chi connectivity index (χ2v) is 4.36. The van der Waals surface area contributed by atoms with Gasteiger partial charge in [0.1, 0.15) is 6.33 Å². The maximum atomic E-state index is 5.77. The highest BCUT2D eigenvalue weighted by molar-refractivity contribution is 6.28. The topological polar surface area (TPSA) is 65.7 Å². The summed E-state index contributed by atoms with van der Waals surface area (Å²) >= 11 is 5.77. The van der Waals surface area contributed by atoms with Gasteiger partial charge in [0, 0.05) is 11.8 Å². The first-order valence-electron chi connectivity index (χ1n) is 5.87. The van der Waals surface area contributed by atoms with Crippen LogP contribution >= 0.6 is 11.6 Å². The Bertz CT molecular complexity index is 708. The zero-order chi connectivity index (χ0) is 13.9. The lowest BCUT2D eigenvalue weighted by Gasteiger charge is -2.01. The van der Waals surface area contributed by atoms with Crippen LogP contribution in [0, 0.1) is 6.92 Å². The van der Waals surface area contributed by atoms with E-state index in [4.69, 9.17) is 16.3 Å². The van der Waals surface area contributed by atoms with Crippen LogP contribution in [0.2, 0.25) is 5.28 Å². The Morgan fingerprint density at radius 1 is 1.15 bits per heavy atom. The van der Waals surface area contributed by atoms with Crippen molar-refractivity contribution in [2.75, 3.05) is 0 Å². The van der Waals surface area contributed by atoms with Crippen molar-refractivity contribution in [1.82, 2.24) is 24.7 Å². The van der Waals surface area contributed by atoms with Crippen molar-refractivity contribution < 1.29 is 4.74 Å². The smallest absolute Gasteiger partial charge is 0.342 e. The molecule has 0 aliphatic heterocycles. The molecule has 1 aromatic carbocycles. The Balaban J connectivity index is 1.84. The summed E-state index contributed by atoms with van der Waals surface area (Å²) in [5, 5.41) is 4.34. The summed E-state index contributed by atoms with van der Waals surface area (Å²) in [4.78, 5) is 12.0. The van der Waals surface area contributed by atoms with Crippen LogP contribution in [0.3, 0.4) is 0 Å². The van der Waals surface area contributed by atoms with Crippen LogP contribution in [0.5, 0.6) is 11.9 Å². The molecule has 0 saturated heterocycles. The summed E-state index contributed by atoms with van der Waals surface area (Å²) < 4.78 is 7.08. The van der Waals surface area contributed by atoms with Crippen molar-refractivity contribution in [1.29, 1.82) is 0 Å². The first-order chi connectivity index (χ1) is 9.70. The minimum absolute atomic E-state index is 0.127. The molecule has 0 saturated carbocycles. The lowest BCUT2D eigenvalue weighted by molar-refractivity contribution is 0.423. The van der Waals surface area contributed by atoms with Crippen LogP contribution in [0.1, 0.15) is 5.69 Å². The maximum absolute atomic E-state index is 5.77. The van der Waals surface area contributed by atoms with E-state index >= 15 is 0 Å². The molecule has 100 valence electrons. The monoisotopic (exact) mass is 287 g/mol. The molecule has 0 radical (unpaired) electrons. The zero-order valence-corrected chi connectivity index (χ0v) is 11.3. The Morgan fingerprint density at radius 2 is 1.95 bits per heavy atom. The third kappa shape index (κ3) is 2.75. The molecule has 0 aliphatic rings. The number of aryl methyl sites for hydroxylation is 1. The van der Waals surface area contributed by atoms with Gasteiger partial charge in [0.05, 0.1) is 5.69 Å². The lowest BCUT2D eigenvalue weighted by Crippen LogP contribution is -1.96. The number of aromatic nitrogens is 5. The van der Waals surface area contributed by atoms with Crippen LogP contribution in [0.4, 0.5) is 0 Å². The van der Waals surface area contributed by atoms with Crippen molar-refractivity contribution in [3.63, 3.8) is 0 Å². The first kappa shape index (κ1) is 12.6. The first-order valence-corrected chi connectivity index (χ1v) is 6.24. The molecule has 0 spiro atoms. The normalized spacial score (nSPS) is 10.5. The molecular weight excluding hydrogens is 278 g/mol. The van der Waals surface area contributed by atoms with Gasteiger partial charge < -0.3 is 4.74 Å². The highest BCUT2D eigenvalue weighted by atomic mass is 35.5. The Hall–Kier alpha value is -2.47. The molecule has 6 nitrogen and oxygen atoms in total. The van der Waals surface area contributed by atoms with Gasteiger partial charge in [0.25, 0.3) is 0 Å². The number of hydrogen-bond acceptors (Lipinski definition) is 5. The predicted octanol–water partition coefficient (Wildman–Crippen LogP) is 2.81. The maximum Gasteiger partial charge on any atom is 0.342 e. The molecule has 0 fully saturated rings. The van der Waals surface area contributed by atoms with Crippen LogP contribution in [0.15, 0.2) is 42.7 Å². The van der Waals surface area contributed by atoms with E-state index in [0.29, 0.717) is 11.6 Å². The van der Waals surface area contributed by atoms with Gasteiger partial charge in [-0.1, -0.05) is 18.2 Å². The standard InChI is InChI=1S/C13H10ClN5O/c1-9-7-11(17-12(14)16-9)20-13-15-8-19(18-13)10-5-3-2-4-6-10/h2-8H,1H3. The fourth-order valence-electron chi connectivity index (χ4n) is 1.65. The summed E-state index contributed by atoms with van der Waals surface area (Å²) in [5.41, 5.74) is 1.61. The molecule has 7 heteroatoms. The van der Waals surface area contributed by atoms with Crippen molar-refractivity contribution in [2.45, 2.75) is 6.92 Å². The van der Waals surface area contributed by atoms with Crippen molar-refractivity contribution in [3.05, 3.63) is 53.7 Å². The molecule has 3 aromatic rings. The van der Waals surface area contributed by atoms with Crippen molar-refractivity contribution in [2.24, 2.45) is 0 Å². The molecule has 2 heterocycles. The zero-order valence-electron chi connectivity index (χ0n) is 10.6. The van der Waals surface area contributed by atoms with Crippen LogP contribution in [0.25, 0.3) is 5.69 Å². The van der Waals surface area contributed by atoms with Gasteiger partial charge in [-0.2, -0.15) is 9.97 Å². The quantitative estimate of drug-likeness (QED) is 0.693. The Kier molecular flexibility index (Phi) is 3.30. The average Bonchev–Trinajstić information content (AvgIpc) is 2.87. The minimum Gasteiger partial charge on any atom is -0.404 e. The number of para-hydroxylation sites is 1. The second-order valence-electron chi connectivity index (χ2n) is 4.03. The van der Waals surface area contributed by atoms with Crippen LogP contribution in [-0.4, -0.2) is 24.7 Å². The number of halogens is 1. The summed E-state index contributed by atoms with van der Waals surface area (Å²) in [7, 11) is 0. The largest absolute Gasteiger partial charge is 0.404 e. The Labute approximate surface area is 120 Å². The fraction of sp³-hybridized carbons (Fsp3) is 0.0769. The van der Waals surface area contributed by atoms with Gasteiger partial charge in [0.2, 0.25) is 11.2 Å². The molecule has 0 N–H and O–H groups in total. The van der Waals surface area contributed by atoms with Gasteiger partial charge in [-0.3, -0.25) is 0 Å². The van der Waals surface area contributed by atoms with E-state index in [-0.39, 0.29) is 11.3 Å². The summed E-state index contributed by atoms with van der Waals surface area (Å²) in [6.07, 6.45) is 1.57. The fourth-order valence-corrected chi connectivity index (χ4v) is 1.87.